The Balaban J connectivity index is 1.59. The van der Waals surface area contributed by atoms with Crippen LogP contribution < -0.4 is 4.90 Å². The molecular formula is C18H27ClN2O2. The number of aliphatic hydroxyl groups excluding tert-OH is 1. The topological polar surface area (TPSA) is 46.9 Å². The number of aliphatic hydroxyl groups is 2. The number of hydrogen-bond acceptors (Lipinski definition) is 4. The van der Waals surface area contributed by atoms with Crippen LogP contribution in [-0.4, -0.2) is 59.5 Å². The van der Waals surface area contributed by atoms with Crippen molar-refractivity contribution in [3.63, 3.8) is 0 Å². The van der Waals surface area contributed by atoms with Gasteiger partial charge in [-0.1, -0.05) is 17.7 Å². The summed E-state index contributed by atoms with van der Waals surface area (Å²) in [5, 5.41) is 20.6. The highest BCUT2D eigenvalue weighted by Gasteiger charge is 2.36. The van der Waals surface area contributed by atoms with E-state index in [0.717, 1.165) is 49.5 Å². The lowest BCUT2D eigenvalue weighted by Gasteiger charge is -2.45. The van der Waals surface area contributed by atoms with Gasteiger partial charge in [0.15, 0.2) is 0 Å². The van der Waals surface area contributed by atoms with Crippen molar-refractivity contribution in [1.82, 2.24) is 4.90 Å². The first-order valence-electron chi connectivity index (χ1n) is 8.59. The fourth-order valence-electron chi connectivity index (χ4n) is 3.86. The second-order valence-corrected chi connectivity index (χ2v) is 7.52. The van der Waals surface area contributed by atoms with Crippen LogP contribution >= 0.6 is 11.6 Å². The molecule has 2 saturated heterocycles. The Labute approximate surface area is 143 Å². The standard InChI is InChI=1S/C18H27ClN2O2/c1-14-3-4-16(11-17(14)19)20-9-5-15(6-10-20)21-8-2-7-18(23,12-21)13-22/h3-4,11,15,22-23H,2,5-10,12-13H2,1H3/t18-/m1/s1. The predicted molar refractivity (Wildman–Crippen MR) is 94.3 cm³/mol. The van der Waals surface area contributed by atoms with Gasteiger partial charge in [0.05, 0.1) is 6.61 Å². The smallest absolute Gasteiger partial charge is 0.100 e. The predicted octanol–water partition coefficient (Wildman–Crippen LogP) is 2.44. The molecular weight excluding hydrogens is 312 g/mol. The highest BCUT2D eigenvalue weighted by Crippen LogP contribution is 2.29. The van der Waals surface area contributed by atoms with Gasteiger partial charge in [-0.2, -0.15) is 0 Å². The molecule has 23 heavy (non-hydrogen) atoms. The second kappa shape index (κ2) is 6.98. The summed E-state index contributed by atoms with van der Waals surface area (Å²) < 4.78 is 0. The van der Waals surface area contributed by atoms with Gasteiger partial charge in [-0.3, -0.25) is 4.90 Å². The molecule has 2 heterocycles. The van der Waals surface area contributed by atoms with Gasteiger partial charge in [0.1, 0.15) is 5.60 Å². The average Bonchev–Trinajstić information content (AvgIpc) is 2.58. The maximum absolute atomic E-state index is 10.4. The number of β-amino-alcohol motifs (C(OH)–C–C–N with tert-alkyl or cyclic N) is 1. The van der Waals surface area contributed by atoms with E-state index in [4.69, 9.17) is 11.6 Å². The molecule has 0 aromatic heterocycles. The van der Waals surface area contributed by atoms with Crippen molar-refractivity contribution in [2.24, 2.45) is 0 Å². The van der Waals surface area contributed by atoms with Gasteiger partial charge in [0.2, 0.25) is 0 Å². The van der Waals surface area contributed by atoms with E-state index in [2.05, 4.69) is 28.0 Å². The Bertz CT molecular complexity index is 546. The summed E-state index contributed by atoms with van der Waals surface area (Å²) in [5.74, 6) is 0. The number of anilines is 1. The summed E-state index contributed by atoms with van der Waals surface area (Å²) in [4.78, 5) is 4.77. The molecule has 3 rings (SSSR count). The second-order valence-electron chi connectivity index (χ2n) is 7.11. The minimum Gasteiger partial charge on any atom is -0.393 e. The van der Waals surface area contributed by atoms with E-state index in [0.29, 0.717) is 19.0 Å². The van der Waals surface area contributed by atoms with Crippen molar-refractivity contribution in [2.75, 3.05) is 37.7 Å². The number of aryl methyl sites for hydroxylation is 1. The first-order valence-corrected chi connectivity index (χ1v) is 8.97. The van der Waals surface area contributed by atoms with Crippen LogP contribution in [0, 0.1) is 6.92 Å². The summed E-state index contributed by atoms with van der Waals surface area (Å²) >= 11 is 6.24. The van der Waals surface area contributed by atoms with E-state index in [1.807, 2.05) is 6.92 Å². The normalized spacial score (nSPS) is 27.4. The van der Waals surface area contributed by atoms with Crippen LogP contribution in [0.3, 0.4) is 0 Å². The fraction of sp³-hybridized carbons (Fsp3) is 0.667. The molecule has 1 atom stereocenters. The van der Waals surface area contributed by atoms with Crippen LogP contribution in [0.15, 0.2) is 18.2 Å². The number of likely N-dealkylation sites (tertiary alicyclic amines) is 1. The molecule has 2 aliphatic rings. The Kier molecular flexibility index (Phi) is 5.16. The summed E-state index contributed by atoms with van der Waals surface area (Å²) in [7, 11) is 0. The van der Waals surface area contributed by atoms with Crippen molar-refractivity contribution in [3.8, 4) is 0 Å². The van der Waals surface area contributed by atoms with Gasteiger partial charge in [-0.25, -0.2) is 0 Å². The molecule has 0 bridgehead atoms. The van der Waals surface area contributed by atoms with Gasteiger partial charge in [0.25, 0.3) is 0 Å². The minimum absolute atomic E-state index is 0.135. The van der Waals surface area contributed by atoms with Crippen molar-refractivity contribution >= 4 is 17.3 Å². The Hall–Kier alpha value is -0.810. The van der Waals surface area contributed by atoms with E-state index in [-0.39, 0.29) is 6.61 Å². The molecule has 1 aromatic rings. The minimum atomic E-state index is -0.903. The molecule has 0 amide bonds. The number of hydrogen-bond donors (Lipinski definition) is 2. The number of nitrogens with zero attached hydrogens (tertiary/aromatic N) is 2. The molecule has 0 unspecified atom stereocenters. The zero-order chi connectivity index (χ0) is 16.4. The zero-order valence-electron chi connectivity index (χ0n) is 13.8. The van der Waals surface area contributed by atoms with E-state index in [1.54, 1.807) is 0 Å². The highest BCUT2D eigenvalue weighted by atomic mass is 35.5. The molecule has 0 spiro atoms. The molecule has 2 N–H and O–H groups in total. The van der Waals surface area contributed by atoms with Crippen LogP contribution in [0.5, 0.6) is 0 Å². The van der Waals surface area contributed by atoms with Crippen LogP contribution in [0.2, 0.25) is 5.02 Å². The lowest BCUT2D eigenvalue weighted by atomic mass is 9.91. The third-order valence-corrected chi connectivity index (χ3v) is 5.79. The summed E-state index contributed by atoms with van der Waals surface area (Å²) in [6, 6.07) is 6.79. The highest BCUT2D eigenvalue weighted by molar-refractivity contribution is 6.31. The number of halogens is 1. The lowest BCUT2D eigenvalue weighted by molar-refractivity contribution is -0.0781. The van der Waals surface area contributed by atoms with Crippen molar-refractivity contribution < 1.29 is 10.2 Å². The number of benzene rings is 1. The molecule has 4 nitrogen and oxygen atoms in total. The third kappa shape index (κ3) is 3.82. The van der Waals surface area contributed by atoms with E-state index in [9.17, 15) is 10.2 Å². The fourth-order valence-corrected chi connectivity index (χ4v) is 4.03. The summed E-state index contributed by atoms with van der Waals surface area (Å²) in [6.45, 7) is 5.55. The molecule has 128 valence electrons. The average molecular weight is 339 g/mol. The van der Waals surface area contributed by atoms with E-state index in [1.165, 1.54) is 5.69 Å². The van der Waals surface area contributed by atoms with Crippen molar-refractivity contribution in [3.05, 3.63) is 28.8 Å². The van der Waals surface area contributed by atoms with Crippen molar-refractivity contribution in [1.29, 1.82) is 0 Å². The molecule has 0 saturated carbocycles. The van der Waals surface area contributed by atoms with Crippen molar-refractivity contribution in [2.45, 2.75) is 44.2 Å². The molecule has 5 heteroatoms. The summed E-state index contributed by atoms with van der Waals surface area (Å²) in [5.41, 5.74) is 1.41. The third-order valence-electron chi connectivity index (χ3n) is 5.38. The summed E-state index contributed by atoms with van der Waals surface area (Å²) in [6.07, 6.45) is 3.85. The Morgan fingerprint density at radius 2 is 2.00 bits per heavy atom. The van der Waals surface area contributed by atoms with Crippen LogP contribution in [-0.2, 0) is 0 Å². The zero-order valence-corrected chi connectivity index (χ0v) is 14.6. The van der Waals surface area contributed by atoms with Crippen LogP contribution in [0.4, 0.5) is 5.69 Å². The van der Waals surface area contributed by atoms with E-state index < -0.39 is 5.60 Å². The quantitative estimate of drug-likeness (QED) is 0.888. The van der Waals surface area contributed by atoms with Gasteiger partial charge in [0, 0.05) is 36.4 Å². The van der Waals surface area contributed by atoms with E-state index >= 15 is 0 Å². The molecule has 0 radical (unpaired) electrons. The van der Waals surface area contributed by atoms with Crippen LogP contribution in [0.1, 0.15) is 31.2 Å². The largest absolute Gasteiger partial charge is 0.393 e. The van der Waals surface area contributed by atoms with Crippen LogP contribution in [0.25, 0.3) is 0 Å². The van der Waals surface area contributed by atoms with Gasteiger partial charge in [-0.15, -0.1) is 0 Å². The SMILES string of the molecule is Cc1ccc(N2CCC(N3CCC[C@](O)(CO)C3)CC2)cc1Cl. The maximum Gasteiger partial charge on any atom is 0.100 e. The van der Waals surface area contributed by atoms with Gasteiger partial charge >= 0.3 is 0 Å². The van der Waals surface area contributed by atoms with Gasteiger partial charge in [-0.05, 0) is 56.8 Å². The number of piperidine rings is 2. The molecule has 0 aliphatic carbocycles. The number of rotatable bonds is 3. The molecule has 2 fully saturated rings. The first kappa shape index (κ1) is 17.0. The Morgan fingerprint density at radius 3 is 2.65 bits per heavy atom. The monoisotopic (exact) mass is 338 g/mol. The maximum atomic E-state index is 10.4. The lowest BCUT2D eigenvalue weighted by Crippen LogP contribution is -2.55. The Morgan fingerprint density at radius 1 is 1.26 bits per heavy atom. The molecule has 1 aromatic carbocycles. The van der Waals surface area contributed by atoms with Gasteiger partial charge < -0.3 is 15.1 Å². The first-order chi connectivity index (χ1) is 11.0. The molecule has 2 aliphatic heterocycles.